The zero-order valence-corrected chi connectivity index (χ0v) is 39.1. The van der Waals surface area contributed by atoms with Crippen LogP contribution in [-0.4, -0.2) is 152 Å². The summed E-state index contributed by atoms with van der Waals surface area (Å²) >= 11 is 0. The molecule has 0 unspecified atom stereocenters. The third-order valence-corrected chi connectivity index (χ3v) is 13.6. The van der Waals surface area contributed by atoms with Crippen LogP contribution in [0.25, 0.3) is 0 Å². The number of benzene rings is 1. The van der Waals surface area contributed by atoms with Gasteiger partial charge in [0.05, 0.1) is 46.8 Å². The molecule has 0 saturated carbocycles. The number of carbonyl (C=O) groups is 2. The molecule has 3 saturated heterocycles. The van der Waals surface area contributed by atoms with Crippen LogP contribution in [0.15, 0.2) is 35.6 Å². The van der Waals surface area contributed by atoms with Crippen molar-refractivity contribution in [1.29, 1.82) is 0 Å². The van der Waals surface area contributed by atoms with Crippen LogP contribution >= 0.6 is 0 Å². The summed E-state index contributed by atoms with van der Waals surface area (Å²) in [7, 11) is 3.41. The minimum Gasteiger partial charge on any atom is -0.459 e. The van der Waals surface area contributed by atoms with E-state index in [9.17, 15) is 35.0 Å². The molecule has 3 aliphatic rings. The first-order valence-electron chi connectivity index (χ1n) is 22.7. The Morgan fingerprint density at radius 2 is 1.81 bits per heavy atom. The molecule has 1 aromatic carbocycles. The number of nitro groups is 1. The van der Waals surface area contributed by atoms with E-state index in [1.807, 2.05) is 32.0 Å². The largest absolute Gasteiger partial charge is 0.459 e. The second kappa shape index (κ2) is 22.0. The van der Waals surface area contributed by atoms with E-state index in [-0.39, 0.29) is 30.7 Å². The van der Waals surface area contributed by atoms with Gasteiger partial charge in [-0.1, -0.05) is 50.2 Å². The monoisotopic (exact) mass is 902 g/mol. The molecule has 0 aliphatic carbocycles. The highest BCUT2D eigenvalue weighted by Gasteiger charge is 2.52. The number of ketones is 1. The lowest BCUT2D eigenvalue weighted by molar-refractivity contribution is -0.384. The van der Waals surface area contributed by atoms with Crippen LogP contribution in [-0.2, 0) is 46.3 Å². The maximum atomic E-state index is 14.4. The summed E-state index contributed by atoms with van der Waals surface area (Å²) in [5.74, 6) is -4.88. The number of non-ortho nitro benzene ring substituents is 1. The van der Waals surface area contributed by atoms with Crippen LogP contribution in [0, 0.1) is 33.8 Å². The number of hydrogen-bond acceptors (Lipinski definition) is 17. The summed E-state index contributed by atoms with van der Waals surface area (Å²) < 4.78 is 26.9. The first-order chi connectivity index (χ1) is 30.2. The number of carbonyl (C=O) groups excluding carboxylic acids is 2. The molecular formula is C45H71N7O12. The van der Waals surface area contributed by atoms with Gasteiger partial charge in [-0.2, -0.15) is 0 Å². The number of aliphatic hydroxyl groups excluding tert-OH is 2. The second-order valence-corrected chi connectivity index (χ2v) is 18.6. The van der Waals surface area contributed by atoms with Crippen molar-refractivity contribution in [3.05, 3.63) is 51.8 Å². The molecule has 2 aromatic rings. The maximum Gasteiger partial charge on any atom is 0.316 e. The predicted octanol–water partition coefficient (Wildman–Crippen LogP) is 3.44. The molecule has 0 spiro atoms. The smallest absolute Gasteiger partial charge is 0.316 e. The van der Waals surface area contributed by atoms with Crippen molar-refractivity contribution in [2.45, 2.75) is 161 Å². The van der Waals surface area contributed by atoms with E-state index < -0.39 is 88.3 Å². The summed E-state index contributed by atoms with van der Waals surface area (Å²) in [5, 5.41) is 63.3. The SMILES string of the molecule is CC[C@H]1OC(=O)[C@H](C)C(=O)[C@H](C)[C@@H](O[C@@H]2O[C@H](C)C[C@H](N(C)CCc3cn(Cc4ccc([N+](=O)[O-])cc4)nn3)[C@H]2O)[C@](C)(OC)C[C@@H](C)/C(=N\O[C@@H]2CCCNC2)[C@H](C)[C@@H](O)[C@]1(C)O. The number of nitro benzene ring substituents is 1. The summed E-state index contributed by atoms with van der Waals surface area (Å²) in [5.41, 5.74) is -1.18. The Balaban J connectivity index is 1.40. The van der Waals surface area contributed by atoms with Gasteiger partial charge >= 0.3 is 5.97 Å². The number of piperidine rings is 1. The molecule has 1 aromatic heterocycles. The Kier molecular flexibility index (Phi) is 17.6. The van der Waals surface area contributed by atoms with Crippen LogP contribution in [0.4, 0.5) is 5.69 Å². The Bertz CT molecular complexity index is 1890. The molecule has 358 valence electrons. The number of nitrogens with zero attached hydrogens (tertiary/aromatic N) is 6. The standard InChI is InChI=1S/C45H71N7O12/c1-11-36-45(8,57)40(55)28(4)37(48-64-34-13-12-19-46-23-34)26(2)22-44(7,60-10)41(29(5)38(53)30(6)42(56)62-36)63-43-39(54)35(21-27(3)61-43)50(9)20-18-32-25-51(49-47-32)24-31-14-16-33(17-15-31)52(58)59/h14-17,25-30,34-36,39-41,43,46,54-55,57H,11-13,18-24H2,1-10H3/b48-37+/t26-,27-,28+,29+,30-,34-,35+,36-,39-,40-,41-,43+,44-,45-/m1/s1. The number of aromatic nitrogens is 3. The predicted molar refractivity (Wildman–Crippen MR) is 235 cm³/mol. The molecule has 5 rings (SSSR count). The van der Waals surface area contributed by atoms with Gasteiger partial charge in [-0.25, -0.2) is 4.68 Å². The topological polar surface area (TPSA) is 242 Å². The number of nitrogens with one attached hydrogen (secondary N) is 1. The molecule has 64 heavy (non-hydrogen) atoms. The molecule has 19 nitrogen and oxygen atoms in total. The molecule has 3 fully saturated rings. The van der Waals surface area contributed by atoms with Crippen LogP contribution in [0.5, 0.6) is 0 Å². The molecule has 0 bridgehead atoms. The van der Waals surface area contributed by atoms with Crippen LogP contribution < -0.4 is 5.32 Å². The van der Waals surface area contributed by atoms with E-state index in [1.165, 1.54) is 33.1 Å². The van der Waals surface area contributed by atoms with Gasteiger partial charge in [-0.3, -0.25) is 19.7 Å². The van der Waals surface area contributed by atoms with Crippen molar-refractivity contribution in [3.63, 3.8) is 0 Å². The number of cyclic esters (lactones) is 1. The number of oxime groups is 1. The second-order valence-electron chi connectivity index (χ2n) is 18.6. The van der Waals surface area contributed by atoms with Gasteiger partial charge in [0, 0.05) is 68.7 Å². The van der Waals surface area contributed by atoms with Gasteiger partial charge in [-0.05, 0) is 79.0 Å². The van der Waals surface area contributed by atoms with Gasteiger partial charge in [-0.15, -0.1) is 5.10 Å². The van der Waals surface area contributed by atoms with E-state index in [2.05, 4.69) is 20.8 Å². The summed E-state index contributed by atoms with van der Waals surface area (Å²) in [6, 6.07) is 5.84. The van der Waals surface area contributed by atoms with Crippen molar-refractivity contribution >= 4 is 23.2 Å². The number of ether oxygens (including phenoxy) is 4. The Hall–Kier alpha value is -3.95. The molecule has 3 aliphatic heterocycles. The quantitative estimate of drug-likeness (QED) is 0.0974. The van der Waals surface area contributed by atoms with Crippen molar-refractivity contribution in [2.24, 2.45) is 28.8 Å². The van der Waals surface area contributed by atoms with Crippen LogP contribution in [0.1, 0.15) is 98.8 Å². The average Bonchev–Trinajstić information content (AvgIpc) is 3.73. The fourth-order valence-corrected chi connectivity index (χ4v) is 9.48. The van der Waals surface area contributed by atoms with E-state index in [0.29, 0.717) is 38.2 Å². The Morgan fingerprint density at radius 3 is 2.44 bits per heavy atom. The Labute approximate surface area is 376 Å². The summed E-state index contributed by atoms with van der Waals surface area (Å²) in [4.78, 5) is 46.9. The van der Waals surface area contributed by atoms with Gasteiger partial charge in [0.2, 0.25) is 0 Å². The van der Waals surface area contributed by atoms with Crippen LogP contribution in [0.2, 0.25) is 0 Å². The lowest BCUT2D eigenvalue weighted by Crippen LogP contribution is -2.60. The number of hydrogen-bond donors (Lipinski definition) is 4. The number of aliphatic hydroxyl groups is 3. The minimum atomic E-state index is -1.92. The zero-order valence-electron chi connectivity index (χ0n) is 39.1. The summed E-state index contributed by atoms with van der Waals surface area (Å²) in [6.07, 6.45) is -1.78. The molecule has 0 radical (unpaired) electrons. The lowest BCUT2D eigenvalue weighted by atomic mass is 9.74. The van der Waals surface area contributed by atoms with Gasteiger partial charge in [0.25, 0.3) is 5.69 Å². The first kappa shape index (κ1) is 51.0. The zero-order chi connectivity index (χ0) is 47.1. The van der Waals surface area contributed by atoms with Crippen molar-refractivity contribution in [1.82, 2.24) is 25.2 Å². The molecule has 19 heteroatoms. The Morgan fingerprint density at radius 1 is 1.11 bits per heavy atom. The average molecular weight is 902 g/mol. The van der Waals surface area contributed by atoms with E-state index in [0.717, 1.165) is 30.6 Å². The van der Waals surface area contributed by atoms with E-state index in [1.54, 1.807) is 44.5 Å². The maximum absolute atomic E-state index is 14.4. The molecule has 4 heterocycles. The molecule has 14 atom stereocenters. The highest BCUT2D eigenvalue weighted by molar-refractivity contribution is 6.00. The number of likely N-dealkylation sites (N-methyl/N-ethyl adjacent to an activating group) is 1. The van der Waals surface area contributed by atoms with Crippen molar-refractivity contribution in [3.8, 4) is 0 Å². The third-order valence-electron chi connectivity index (χ3n) is 13.6. The third kappa shape index (κ3) is 12.1. The van der Waals surface area contributed by atoms with Crippen molar-refractivity contribution < 1.29 is 53.6 Å². The van der Waals surface area contributed by atoms with E-state index in [4.69, 9.17) is 23.8 Å². The number of Topliss-reactive ketones (excluding diaryl/α,β-unsaturated/α-hetero) is 1. The molecule has 0 amide bonds. The highest BCUT2D eigenvalue weighted by atomic mass is 16.7. The molecular weight excluding hydrogens is 831 g/mol. The van der Waals surface area contributed by atoms with Crippen molar-refractivity contribution in [2.75, 3.05) is 33.8 Å². The van der Waals surface area contributed by atoms with Gasteiger partial charge in [0.15, 0.2) is 12.1 Å². The van der Waals surface area contributed by atoms with E-state index >= 15 is 0 Å². The number of methoxy groups -OCH3 is 1. The first-order valence-corrected chi connectivity index (χ1v) is 22.7. The van der Waals surface area contributed by atoms with Gasteiger partial charge in [0.1, 0.15) is 29.8 Å². The van der Waals surface area contributed by atoms with Gasteiger partial charge < -0.3 is 49.3 Å². The highest BCUT2D eigenvalue weighted by Crippen LogP contribution is 2.39. The normalized spacial score (nSPS) is 36.7. The minimum absolute atomic E-state index is 0.0116. The number of rotatable bonds is 13. The molecule has 4 N–H and O–H groups in total. The lowest BCUT2D eigenvalue weighted by Gasteiger charge is -2.47. The van der Waals surface area contributed by atoms with Crippen LogP contribution in [0.3, 0.4) is 0 Å². The fourth-order valence-electron chi connectivity index (χ4n) is 9.48. The number of esters is 1. The fraction of sp³-hybridized carbons (Fsp3) is 0.756. The summed E-state index contributed by atoms with van der Waals surface area (Å²) in [6.45, 7) is 16.0.